The molecule has 2 aromatic rings. The molecule has 0 radical (unpaired) electrons. The first kappa shape index (κ1) is 18.3. The summed E-state index contributed by atoms with van der Waals surface area (Å²) < 4.78 is 5.11. The van der Waals surface area contributed by atoms with E-state index < -0.39 is 23.9 Å². The smallest absolute Gasteiger partial charge is 0.338 e. The second kappa shape index (κ2) is 7.41. The SMILES string of the molecule is CCNC(=O)[C@H](C)OC(=O)c1ccc(N2C(=O)c3ccccc3C2=O)cc1. The average molecular weight is 366 g/mol. The number of esters is 1. The molecule has 0 bridgehead atoms. The first-order valence-electron chi connectivity index (χ1n) is 8.50. The van der Waals surface area contributed by atoms with E-state index in [4.69, 9.17) is 4.74 Å². The van der Waals surface area contributed by atoms with Crippen LogP contribution in [-0.2, 0) is 9.53 Å². The second-order valence-electron chi connectivity index (χ2n) is 5.98. The number of carbonyl (C=O) groups excluding carboxylic acids is 4. The van der Waals surface area contributed by atoms with E-state index in [1.54, 1.807) is 31.2 Å². The fourth-order valence-electron chi connectivity index (χ4n) is 2.77. The van der Waals surface area contributed by atoms with Gasteiger partial charge in [-0.15, -0.1) is 0 Å². The molecule has 0 saturated heterocycles. The lowest BCUT2D eigenvalue weighted by molar-refractivity contribution is -0.128. The molecular weight excluding hydrogens is 348 g/mol. The predicted octanol–water partition coefficient (Wildman–Crippen LogP) is 2.17. The summed E-state index contributed by atoms with van der Waals surface area (Å²) in [6.45, 7) is 3.69. The fourth-order valence-corrected chi connectivity index (χ4v) is 2.77. The molecule has 7 nitrogen and oxygen atoms in total. The molecule has 1 aliphatic rings. The molecule has 3 rings (SSSR count). The standard InChI is InChI=1S/C20H18N2O5/c1-3-21-17(23)12(2)27-20(26)13-8-10-14(11-9-13)22-18(24)15-6-4-5-7-16(15)19(22)25/h4-12H,3H2,1-2H3,(H,21,23)/t12-/m0/s1. The highest BCUT2D eigenvalue weighted by Crippen LogP contribution is 2.28. The normalized spacial score (nSPS) is 13.9. The molecule has 0 aromatic heterocycles. The van der Waals surface area contributed by atoms with Crippen molar-refractivity contribution in [1.82, 2.24) is 5.32 Å². The molecule has 0 saturated carbocycles. The Hall–Kier alpha value is -3.48. The van der Waals surface area contributed by atoms with Gasteiger partial charge >= 0.3 is 5.97 Å². The number of likely N-dealkylation sites (N-methyl/N-ethyl adjacent to an activating group) is 1. The number of hydrogen-bond acceptors (Lipinski definition) is 5. The maximum absolute atomic E-state index is 12.5. The van der Waals surface area contributed by atoms with E-state index >= 15 is 0 Å². The third-order valence-corrected chi connectivity index (χ3v) is 4.16. The molecule has 27 heavy (non-hydrogen) atoms. The van der Waals surface area contributed by atoms with E-state index in [2.05, 4.69) is 5.32 Å². The Morgan fingerprint density at radius 2 is 1.56 bits per heavy atom. The summed E-state index contributed by atoms with van der Waals surface area (Å²) in [7, 11) is 0. The number of ether oxygens (including phenoxy) is 1. The number of nitrogens with zero attached hydrogens (tertiary/aromatic N) is 1. The minimum atomic E-state index is -0.923. The van der Waals surface area contributed by atoms with E-state index in [0.717, 1.165) is 4.90 Å². The Balaban J connectivity index is 1.75. The molecule has 0 spiro atoms. The zero-order valence-corrected chi connectivity index (χ0v) is 14.9. The van der Waals surface area contributed by atoms with Gasteiger partial charge in [-0.1, -0.05) is 12.1 Å². The summed E-state index contributed by atoms with van der Waals surface area (Å²) in [6, 6.07) is 12.5. The minimum absolute atomic E-state index is 0.214. The van der Waals surface area contributed by atoms with Gasteiger partial charge in [-0.05, 0) is 50.2 Å². The summed E-state index contributed by atoms with van der Waals surface area (Å²) in [5, 5.41) is 2.57. The maximum atomic E-state index is 12.5. The van der Waals surface area contributed by atoms with E-state index in [1.807, 2.05) is 0 Å². The van der Waals surface area contributed by atoms with E-state index in [-0.39, 0.29) is 11.5 Å². The van der Waals surface area contributed by atoms with Crippen LogP contribution in [0.15, 0.2) is 48.5 Å². The first-order valence-corrected chi connectivity index (χ1v) is 8.50. The number of anilines is 1. The molecular formula is C20H18N2O5. The van der Waals surface area contributed by atoms with Crippen LogP contribution in [0, 0.1) is 0 Å². The zero-order valence-electron chi connectivity index (χ0n) is 14.9. The van der Waals surface area contributed by atoms with Crippen molar-refractivity contribution in [2.45, 2.75) is 20.0 Å². The lowest BCUT2D eigenvalue weighted by atomic mass is 10.1. The van der Waals surface area contributed by atoms with Gasteiger partial charge in [0, 0.05) is 6.54 Å². The van der Waals surface area contributed by atoms with Gasteiger partial charge in [0.1, 0.15) is 0 Å². The molecule has 1 aliphatic heterocycles. The van der Waals surface area contributed by atoms with Gasteiger partial charge in [-0.3, -0.25) is 14.4 Å². The molecule has 1 N–H and O–H groups in total. The molecule has 1 atom stereocenters. The summed E-state index contributed by atoms with van der Waals surface area (Å²) >= 11 is 0. The molecule has 0 fully saturated rings. The Kier molecular flexibility index (Phi) is 5.03. The largest absolute Gasteiger partial charge is 0.449 e. The number of amides is 3. The third kappa shape index (κ3) is 3.44. The summed E-state index contributed by atoms with van der Waals surface area (Å²) in [5.41, 5.74) is 1.27. The lowest BCUT2D eigenvalue weighted by Gasteiger charge is -2.15. The number of imide groups is 1. The van der Waals surface area contributed by atoms with Crippen molar-refractivity contribution in [2.24, 2.45) is 0 Å². The number of hydrogen-bond donors (Lipinski definition) is 1. The number of nitrogens with one attached hydrogen (secondary N) is 1. The number of benzene rings is 2. The molecule has 7 heteroatoms. The van der Waals surface area contributed by atoms with Gasteiger partial charge in [0.25, 0.3) is 17.7 Å². The Morgan fingerprint density at radius 3 is 2.07 bits per heavy atom. The van der Waals surface area contributed by atoms with Crippen molar-refractivity contribution >= 4 is 29.4 Å². The fraction of sp³-hybridized carbons (Fsp3) is 0.200. The van der Waals surface area contributed by atoms with E-state index in [0.29, 0.717) is 23.4 Å². The van der Waals surface area contributed by atoms with Gasteiger partial charge in [0.15, 0.2) is 6.10 Å². The monoisotopic (exact) mass is 366 g/mol. The van der Waals surface area contributed by atoms with Crippen molar-refractivity contribution in [3.05, 3.63) is 65.2 Å². The predicted molar refractivity (Wildman–Crippen MR) is 97.6 cm³/mol. The number of rotatable bonds is 5. The van der Waals surface area contributed by atoms with Gasteiger partial charge < -0.3 is 10.1 Å². The van der Waals surface area contributed by atoms with Crippen LogP contribution in [0.3, 0.4) is 0 Å². The first-order chi connectivity index (χ1) is 12.9. The van der Waals surface area contributed by atoms with Crippen LogP contribution in [0.5, 0.6) is 0 Å². The Morgan fingerprint density at radius 1 is 1.00 bits per heavy atom. The van der Waals surface area contributed by atoms with E-state index in [9.17, 15) is 19.2 Å². The van der Waals surface area contributed by atoms with Crippen molar-refractivity contribution in [3.63, 3.8) is 0 Å². The van der Waals surface area contributed by atoms with Crippen LogP contribution in [0.2, 0.25) is 0 Å². The van der Waals surface area contributed by atoms with Gasteiger partial charge in [-0.2, -0.15) is 0 Å². The highest BCUT2D eigenvalue weighted by Gasteiger charge is 2.36. The maximum Gasteiger partial charge on any atom is 0.338 e. The van der Waals surface area contributed by atoms with Crippen molar-refractivity contribution in [3.8, 4) is 0 Å². The van der Waals surface area contributed by atoms with Gasteiger partial charge in [-0.25, -0.2) is 9.69 Å². The van der Waals surface area contributed by atoms with Crippen LogP contribution >= 0.6 is 0 Å². The van der Waals surface area contributed by atoms with Crippen molar-refractivity contribution in [1.29, 1.82) is 0 Å². The molecule has 3 amide bonds. The van der Waals surface area contributed by atoms with E-state index in [1.165, 1.54) is 31.2 Å². The summed E-state index contributed by atoms with van der Waals surface area (Å²) in [6.07, 6.45) is -0.923. The lowest BCUT2D eigenvalue weighted by Crippen LogP contribution is -2.35. The Bertz CT molecular complexity index is 885. The quantitative estimate of drug-likeness (QED) is 0.647. The molecule has 138 valence electrons. The molecule has 2 aromatic carbocycles. The number of fused-ring (bicyclic) bond motifs is 1. The van der Waals surface area contributed by atoms with Crippen LogP contribution in [0.25, 0.3) is 0 Å². The Labute approximate surface area is 155 Å². The van der Waals surface area contributed by atoms with Crippen molar-refractivity contribution < 1.29 is 23.9 Å². The average Bonchev–Trinajstić information content (AvgIpc) is 2.93. The van der Waals surface area contributed by atoms with Crippen molar-refractivity contribution in [2.75, 3.05) is 11.4 Å². The van der Waals surface area contributed by atoms with Gasteiger partial charge in [0.05, 0.1) is 22.4 Å². The summed E-state index contributed by atoms with van der Waals surface area (Å²) in [4.78, 5) is 49.8. The van der Waals surface area contributed by atoms with Crippen LogP contribution in [-0.4, -0.2) is 36.3 Å². The van der Waals surface area contributed by atoms with Crippen LogP contribution in [0.1, 0.15) is 44.9 Å². The summed E-state index contributed by atoms with van der Waals surface area (Å²) in [5.74, 6) is -1.86. The molecule has 1 heterocycles. The van der Waals surface area contributed by atoms with Gasteiger partial charge in [0.2, 0.25) is 0 Å². The topological polar surface area (TPSA) is 92.8 Å². The highest BCUT2D eigenvalue weighted by molar-refractivity contribution is 6.34. The van der Waals surface area contributed by atoms with Crippen LogP contribution < -0.4 is 10.2 Å². The zero-order chi connectivity index (χ0) is 19.6. The highest BCUT2D eigenvalue weighted by atomic mass is 16.5. The third-order valence-electron chi connectivity index (χ3n) is 4.16. The number of carbonyl (C=O) groups is 4. The molecule has 0 aliphatic carbocycles. The second-order valence-corrected chi connectivity index (χ2v) is 5.98. The molecule has 0 unspecified atom stereocenters. The minimum Gasteiger partial charge on any atom is -0.449 e. The van der Waals surface area contributed by atoms with Crippen LogP contribution in [0.4, 0.5) is 5.69 Å².